The van der Waals surface area contributed by atoms with Crippen LogP contribution < -0.4 is 5.56 Å². The maximum absolute atomic E-state index is 12.0. The molecule has 1 aromatic rings. The van der Waals surface area contributed by atoms with E-state index in [2.05, 4.69) is 32.8 Å². The summed E-state index contributed by atoms with van der Waals surface area (Å²) < 4.78 is 6.30. The number of methoxy groups -OCH3 is 1. The van der Waals surface area contributed by atoms with Gasteiger partial charge in [0.2, 0.25) is 0 Å². The second-order valence-corrected chi connectivity index (χ2v) is 6.20. The van der Waals surface area contributed by atoms with Crippen LogP contribution in [-0.4, -0.2) is 17.1 Å². The van der Waals surface area contributed by atoms with Gasteiger partial charge in [-0.05, 0) is 54.0 Å². The molecule has 19 heavy (non-hydrogen) atoms. The lowest BCUT2D eigenvalue weighted by atomic mass is 9.79. The molecular formula is C14H21BrN2O2. The van der Waals surface area contributed by atoms with Crippen LogP contribution in [0.2, 0.25) is 0 Å². The highest BCUT2D eigenvalue weighted by Gasteiger charge is 2.38. The number of aromatic nitrogens is 2. The fourth-order valence-corrected chi connectivity index (χ4v) is 3.19. The van der Waals surface area contributed by atoms with Gasteiger partial charge in [-0.25, -0.2) is 4.98 Å². The van der Waals surface area contributed by atoms with Crippen LogP contribution in [-0.2, 0) is 16.8 Å². The zero-order chi connectivity index (χ0) is 14.0. The fraction of sp³-hybridized carbons (Fsp3) is 0.714. The van der Waals surface area contributed by atoms with Crippen molar-refractivity contribution in [2.45, 2.75) is 51.6 Å². The Bertz CT molecular complexity index is 505. The number of halogens is 1. The summed E-state index contributed by atoms with van der Waals surface area (Å²) in [6.45, 7) is 4.26. The van der Waals surface area contributed by atoms with Crippen molar-refractivity contribution in [1.82, 2.24) is 9.97 Å². The van der Waals surface area contributed by atoms with E-state index >= 15 is 0 Å². The predicted octanol–water partition coefficient (Wildman–Crippen LogP) is 3.15. The smallest absolute Gasteiger partial charge is 0.265 e. The fourth-order valence-electron chi connectivity index (χ4n) is 2.72. The molecule has 0 saturated heterocycles. The van der Waals surface area contributed by atoms with Crippen LogP contribution in [0.5, 0.6) is 0 Å². The number of hydrogen-bond donors (Lipinski definition) is 1. The molecule has 1 saturated carbocycles. The molecule has 2 rings (SSSR count). The Kier molecular flexibility index (Phi) is 4.46. The summed E-state index contributed by atoms with van der Waals surface area (Å²) in [5.74, 6) is 1.41. The van der Waals surface area contributed by atoms with Gasteiger partial charge in [0.1, 0.15) is 15.9 Å². The second kappa shape index (κ2) is 5.75. The quantitative estimate of drug-likeness (QED) is 0.927. The van der Waals surface area contributed by atoms with E-state index in [-0.39, 0.29) is 5.56 Å². The minimum Gasteiger partial charge on any atom is -0.370 e. The highest BCUT2D eigenvalue weighted by Crippen LogP contribution is 2.40. The van der Waals surface area contributed by atoms with Crippen molar-refractivity contribution in [3.8, 4) is 0 Å². The maximum Gasteiger partial charge on any atom is 0.265 e. The number of aryl methyl sites for hydroxylation is 1. The summed E-state index contributed by atoms with van der Waals surface area (Å²) in [4.78, 5) is 19.5. The van der Waals surface area contributed by atoms with Gasteiger partial charge in [-0.1, -0.05) is 13.8 Å². The van der Waals surface area contributed by atoms with E-state index < -0.39 is 5.60 Å². The van der Waals surface area contributed by atoms with Crippen molar-refractivity contribution in [1.29, 1.82) is 0 Å². The Balaban J connectivity index is 2.44. The Morgan fingerprint density at radius 1 is 1.47 bits per heavy atom. The highest BCUT2D eigenvalue weighted by molar-refractivity contribution is 9.10. The Morgan fingerprint density at radius 3 is 2.63 bits per heavy atom. The largest absolute Gasteiger partial charge is 0.370 e. The lowest BCUT2D eigenvalue weighted by Crippen LogP contribution is -2.37. The number of H-pyrrole nitrogens is 1. The normalized spacial score (nSPS) is 27.5. The average molecular weight is 329 g/mol. The van der Waals surface area contributed by atoms with Crippen molar-refractivity contribution >= 4 is 15.9 Å². The van der Waals surface area contributed by atoms with Gasteiger partial charge in [0.25, 0.3) is 5.56 Å². The molecule has 0 amide bonds. The Hall–Kier alpha value is -0.680. The SMILES string of the molecule is CCc1nc(C2(OC)CCC(C)CC2)[nH]c(=O)c1Br. The molecule has 1 heterocycles. The van der Waals surface area contributed by atoms with Crippen LogP contribution in [0.15, 0.2) is 9.27 Å². The predicted molar refractivity (Wildman–Crippen MR) is 78.3 cm³/mol. The molecule has 0 radical (unpaired) electrons. The molecule has 0 aromatic carbocycles. The van der Waals surface area contributed by atoms with Gasteiger partial charge >= 0.3 is 0 Å². The van der Waals surface area contributed by atoms with Gasteiger partial charge < -0.3 is 9.72 Å². The molecule has 0 bridgehead atoms. The van der Waals surface area contributed by atoms with Crippen molar-refractivity contribution in [2.24, 2.45) is 5.92 Å². The molecule has 1 N–H and O–H groups in total. The number of ether oxygens (including phenoxy) is 1. The minimum absolute atomic E-state index is 0.114. The van der Waals surface area contributed by atoms with Gasteiger partial charge in [0.05, 0.1) is 5.69 Å². The van der Waals surface area contributed by atoms with Gasteiger partial charge in [-0.15, -0.1) is 0 Å². The third-order valence-electron chi connectivity index (χ3n) is 4.17. The molecule has 0 aliphatic heterocycles. The lowest BCUT2D eigenvalue weighted by Gasteiger charge is -2.37. The van der Waals surface area contributed by atoms with Crippen LogP contribution >= 0.6 is 15.9 Å². The average Bonchev–Trinajstić information content (AvgIpc) is 2.43. The van der Waals surface area contributed by atoms with Crippen LogP contribution in [0.3, 0.4) is 0 Å². The zero-order valence-corrected chi connectivity index (χ0v) is 13.3. The summed E-state index contributed by atoms with van der Waals surface area (Å²) in [7, 11) is 1.71. The molecule has 5 heteroatoms. The van der Waals surface area contributed by atoms with E-state index in [1.807, 2.05) is 6.92 Å². The van der Waals surface area contributed by atoms with Crippen molar-refractivity contribution < 1.29 is 4.74 Å². The molecule has 0 unspecified atom stereocenters. The monoisotopic (exact) mass is 328 g/mol. The van der Waals surface area contributed by atoms with Crippen LogP contribution in [0.4, 0.5) is 0 Å². The first-order chi connectivity index (χ1) is 9.02. The maximum atomic E-state index is 12.0. The van der Waals surface area contributed by atoms with Crippen molar-refractivity contribution in [2.75, 3.05) is 7.11 Å². The Labute approximate surface area is 122 Å². The van der Waals surface area contributed by atoms with E-state index in [9.17, 15) is 4.79 Å². The molecule has 1 aliphatic rings. The third-order valence-corrected chi connectivity index (χ3v) is 4.99. The third kappa shape index (κ3) is 2.77. The van der Waals surface area contributed by atoms with Gasteiger partial charge in [0.15, 0.2) is 0 Å². The number of hydrogen-bond acceptors (Lipinski definition) is 3. The van der Waals surface area contributed by atoms with E-state index in [0.717, 1.165) is 43.7 Å². The molecule has 1 fully saturated rings. The van der Waals surface area contributed by atoms with Crippen LogP contribution in [0.25, 0.3) is 0 Å². The number of nitrogens with zero attached hydrogens (tertiary/aromatic N) is 1. The van der Waals surface area contributed by atoms with Gasteiger partial charge in [-0.2, -0.15) is 0 Å². The summed E-state index contributed by atoms with van der Waals surface area (Å²) in [6.07, 6.45) is 4.77. The number of rotatable bonds is 3. The summed E-state index contributed by atoms with van der Waals surface area (Å²) >= 11 is 3.30. The number of aromatic amines is 1. The summed E-state index contributed by atoms with van der Waals surface area (Å²) in [6, 6.07) is 0. The molecule has 0 atom stereocenters. The molecule has 0 spiro atoms. The second-order valence-electron chi connectivity index (χ2n) is 5.41. The summed E-state index contributed by atoms with van der Waals surface area (Å²) in [5, 5.41) is 0. The molecular weight excluding hydrogens is 308 g/mol. The van der Waals surface area contributed by atoms with Crippen LogP contribution in [0, 0.1) is 5.92 Å². The van der Waals surface area contributed by atoms with Crippen molar-refractivity contribution in [3.05, 3.63) is 26.3 Å². The standard InChI is InChI=1S/C14H21BrN2O2/c1-4-10-11(15)12(18)17-13(16-10)14(19-3)7-5-9(2)6-8-14/h9H,4-8H2,1-3H3,(H,16,17,18). The zero-order valence-electron chi connectivity index (χ0n) is 11.8. The van der Waals surface area contributed by atoms with E-state index in [1.165, 1.54) is 0 Å². The molecule has 1 aromatic heterocycles. The topological polar surface area (TPSA) is 55.0 Å². The van der Waals surface area contributed by atoms with Gasteiger partial charge in [0, 0.05) is 7.11 Å². The van der Waals surface area contributed by atoms with E-state index in [1.54, 1.807) is 7.11 Å². The number of nitrogens with one attached hydrogen (secondary N) is 1. The van der Waals surface area contributed by atoms with E-state index in [0.29, 0.717) is 10.3 Å². The first-order valence-corrected chi connectivity index (χ1v) is 7.66. The molecule has 106 valence electrons. The summed E-state index contributed by atoms with van der Waals surface area (Å²) in [5.41, 5.74) is 0.265. The molecule has 4 nitrogen and oxygen atoms in total. The minimum atomic E-state index is -0.420. The van der Waals surface area contributed by atoms with Crippen LogP contribution in [0.1, 0.15) is 51.0 Å². The van der Waals surface area contributed by atoms with E-state index in [4.69, 9.17) is 4.74 Å². The first kappa shape index (κ1) is 14.7. The van der Waals surface area contributed by atoms with Crippen molar-refractivity contribution in [3.63, 3.8) is 0 Å². The Morgan fingerprint density at radius 2 is 2.11 bits per heavy atom. The first-order valence-electron chi connectivity index (χ1n) is 6.86. The highest BCUT2D eigenvalue weighted by atomic mass is 79.9. The van der Waals surface area contributed by atoms with Gasteiger partial charge in [-0.3, -0.25) is 4.79 Å². The lowest BCUT2D eigenvalue weighted by molar-refractivity contribution is -0.0600. The molecule has 1 aliphatic carbocycles.